The zero-order valence-corrected chi connectivity index (χ0v) is 20.3. The molecule has 0 aliphatic carbocycles. The van der Waals surface area contributed by atoms with Crippen LogP contribution in [0.3, 0.4) is 0 Å². The van der Waals surface area contributed by atoms with Gasteiger partial charge in [0.2, 0.25) is 5.89 Å². The van der Waals surface area contributed by atoms with E-state index in [0.29, 0.717) is 5.56 Å². The van der Waals surface area contributed by atoms with Crippen molar-refractivity contribution >= 4 is 16.9 Å². The lowest BCUT2D eigenvalue weighted by atomic mass is 10.1. The van der Waals surface area contributed by atoms with Crippen molar-refractivity contribution < 1.29 is 36.6 Å². The molecule has 0 spiro atoms. The van der Waals surface area contributed by atoms with Crippen LogP contribution in [0.4, 0.5) is 13.2 Å². The molecule has 0 unspecified atom stereocenters. The monoisotopic (exact) mass is 495 g/mol. The van der Waals surface area contributed by atoms with Crippen LogP contribution in [0.15, 0.2) is 28.7 Å². The number of alkyl halides is 3. The molecule has 190 valence electrons. The molecule has 2 atom stereocenters. The molecule has 0 radical (unpaired) electrons. The largest absolute Gasteiger partial charge is 0.494 e. The third kappa shape index (κ3) is 5.73. The molecule has 1 aromatic carbocycles. The predicted octanol–water partition coefficient (Wildman–Crippen LogP) is 5.30. The van der Waals surface area contributed by atoms with Crippen molar-refractivity contribution in [1.82, 2.24) is 9.97 Å². The van der Waals surface area contributed by atoms with Gasteiger partial charge in [0.1, 0.15) is 17.0 Å². The molecule has 3 rings (SSSR count). The molecular weight excluding hydrogens is 467 g/mol. The Morgan fingerprint density at radius 3 is 2.40 bits per heavy atom. The molecular formula is C24H28F3N3O5. The average molecular weight is 495 g/mol. The van der Waals surface area contributed by atoms with E-state index in [0.717, 1.165) is 6.07 Å². The first-order chi connectivity index (χ1) is 16.3. The predicted molar refractivity (Wildman–Crippen MR) is 122 cm³/mol. The lowest BCUT2D eigenvalue weighted by Gasteiger charge is -2.28. The van der Waals surface area contributed by atoms with Crippen molar-refractivity contribution in [3.63, 3.8) is 0 Å². The van der Waals surface area contributed by atoms with Crippen LogP contribution in [0, 0.1) is 0 Å². The van der Waals surface area contributed by atoms with Gasteiger partial charge in [0.15, 0.2) is 11.5 Å². The highest BCUT2D eigenvalue weighted by Crippen LogP contribution is 2.38. The maximum atomic E-state index is 13.3. The highest BCUT2D eigenvalue weighted by molar-refractivity contribution is 5.97. The summed E-state index contributed by atoms with van der Waals surface area (Å²) in [5.41, 5.74) is 4.91. The number of carbonyl (C=O) groups is 1. The van der Waals surface area contributed by atoms with Gasteiger partial charge in [-0.05, 0) is 58.9 Å². The number of nitrogens with zero attached hydrogens (tertiary/aromatic N) is 2. The Hall–Kier alpha value is -3.18. The fourth-order valence-electron chi connectivity index (χ4n) is 3.56. The summed E-state index contributed by atoms with van der Waals surface area (Å²) < 4.78 is 62.0. The second kappa shape index (κ2) is 9.82. The Labute approximate surface area is 200 Å². The third-order valence-corrected chi connectivity index (χ3v) is 5.03. The second-order valence-corrected chi connectivity index (χ2v) is 8.82. The quantitative estimate of drug-likeness (QED) is 0.440. The van der Waals surface area contributed by atoms with Gasteiger partial charge in [-0.15, -0.1) is 0 Å². The third-order valence-electron chi connectivity index (χ3n) is 5.03. The van der Waals surface area contributed by atoms with E-state index in [-0.39, 0.29) is 40.6 Å². The number of fused-ring (bicyclic) bond motifs is 1. The van der Waals surface area contributed by atoms with Gasteiger partial charge in [-0.1, -0.05) is 0 Å². The van der Waals surface area contributed by atoms with Crippen molar-refractivity contribution in [2.45, 2.75) is 58.5 Å². The summed E-state index contributed by atoms with van der Waals surface area (Å²) in [6, 6.07) is 4.23. The number of aromatic nitrogens is 2. The van der Waals surface area contributed by atoms with Gasteiger partial charge in [-0.2, -0.15) is 13.2 Å². The summed E-state index contributed by atoms with van der Waals surface area (Å²) in [4.78, 5) is 20.7. The first-order valence-corrected chi connectivity index (χ1v) is 10.9. The number of pyridine rings is 1. The molecule has 0 aliphatic heterocycles. The highest BCUT2D eigenvalue weighted by atomic mass is 19.4. The van der Waals surface area contributed by atoms with Gasteiger partial charge < -0.3 is 24.4 Å². The second-order valence-electron chi connectivity index (χ2n) is 8.82. The number of ether oxygens (including phenoxy) is 3. The minimum absolute atomic E-state index is 0.0318. The van der Waals surface area contributed by atoms with Crippen LogP contribution in [0.5, 0.6) is 5.75 Å². The molecule has 3 aromatic rings. The minimum atomic E-state index is -4.64. The standard InChI is InChI=1S/C24H28F3N3O5/c1-7-33-22(31)19-20(17(28)12(2)35-23(3,4)5)34-21(30-19)14-8-10-15(32-6)18-13(14)9-11-16(29-18)24(25,26)27/h8-12,17H,7,28H2,1-6H3/t12-,17+/m1/s1. The summed E-state index contributed by atoms with van der Waals surface area (Å²) in [5.74, 6) is -0.600. The first-order valence-electron chi connectivity index (χ1n) is 10.9. The summed E-state index contributed by atoms with van der Waals surface area (Å²) >= 11 is 0. The number of halogens is 3. The Bertz CT molecular complexity index is 1220. The molecule has 0 aliphatic rings. The van der Waals surface area contributed by atoms with Gasteiger partial charge in [0, 0.05) is 10.9 Å². The van der Waals surface area contributed by atoms with E-state index in [9.17, 15) is 18.0 Å². The van der Waals surface area contributed by atoms with Gasteiger partial charge in [-0.25, -0.2) is 14.8 Å². The molecule has 8 nitrogen and oxygen atoms in total. The molecule has 0 amide bonds. The SMILES string of the molecule is CCOC(=O)c1nc(-c2ccc(OC)c3nc(C(F)(F)F)ccc23)oc1[C@@H](N)[C@@H](C)OC(C)(C)C. The molecule has 0 saturated heterocycles. The Kier molecular flexibility index (Phi) is 7.42. The highest BCUT2D eigenvalue weighted by Gasteiger charge is 2.34. The molecule has 11 heteroatoms. The van der Waals surface area contributed by atoms with Crippen LogP contribution in [-0.4, -0.2) is 41.4 Å². The number of nitrogens with two attached hydrogens (primary N) is 1. The molecule has 0 bridgehead atoms. The van der Waals surface area contributed by atoms with Crippen molar-refractivity contribution in [3.05, 3.63) is 41.4 Å². The van der Waals surface area contributed by atoms with Crippen LogP contribution in [-0.2, 0) is 15.7 Å². The summed E-state index contributed by atoms with van der Waals surface area (Å²) in [6.45, 7) is 9.06. The van der Waals surface area contributed by atoms with Crippen molar-refractivity contribution in [1.29, 1.82) is 0 Å². The van der Waals surface area contributed by atoms with Gasteiger partial charge in [0.05, 0.1) is 31.5 Å². The minimum Gasteiger partial charge on any atom is -0.494 e. The zero-order chi connectivity index (χ0) is 26.1. The maximum Gasteiger partial charge on any atom is 0.433 e. The van der Waals surface area contributed by atoms with Crippen LogP contribution in [0.1, 0.15) is 62.6 Å². The lowest BCUT2D eigenvalue weighted by Crippen LogP contribution is -2.34. The number of oxazole rings is 1. The van der Waals surface area contributed by atoms with E-state index in [1.54, 1.807) is 19.9 Å². The van der Waals surface area contributed by atoms with Crippen LogP contribution in [0.2, 0.25) is 0 Å². The topological polar surface area (TPSA) is 110 Å². The maximum absolute atomic E-state index is 13.3. The van der Waals surface area contributed by atoms with E-state index in [1.807, 2.05) is 20.8 Å². The van der Waals surface area contributed by atoms with E-state index in [4.69, 9.17) is 24.4 Å². The summed E-state index contributed by atoms with van der Waals surface area (Å²) in [6.07, 6.45) is -5.20. The smallest absolute Gasteiger partial charge is 0.433 e. The summed E-state index contributed by atoms with van der Waals surface area (Å²) in [5, 5.41) is 0.285. The molecule has 2 N–H and O–H groups in total. The Balaban J connectivity index is 2.18. The number of hydrogen-bond donors (Lipinski definition) is 1. The van der Waals surface area contributed by atoms with Crippen molar-refractivity contribution in [2.24, 2.45) is 5.73 Å². The van der Waals surface area contributed by atoms with Gasteiger partial charge in [-0.3, -0.25) is 0 Å². The number of rotatable bonds is 7. The van der Waals surface area contributed by atoms with E-state index >= 15 is 0 Å². The van der Waals surface area contributed by atoms with E-state index < -0.39 is 35.6 Å². The van der Waals surface area contributed by atoms with E-state index in [1.165, 1.54) is 19.2 Å². The van der Waals surface area contributed by atoms with Crippen molar-refractivity contribution in [2.75, 3.05) is 13.7 Å². The number of benzene rings is 1. The Morgan fingerprint density at radius 2 is 1.83 bits per heavy atom. The molecule has 2 heterocycles. The fourth-order valence-corrected chi connectivity index (χ4v) is 3.56. The van der Waals surface area contributed by atoms with Crippen LogP contribution >= 0.6 is 0 Å². The fraction of sp³-hybridized carbons (Fsp3) is 0.458. The number of carbonyl (C=O) groups excluding carboxylic acids is 1. The number of esters is 1. The zero-order valence-electron chi connectivity index (χ0n) is 20.3. The molecule has 0 saturated carbocycles. The van der Waals surface area contributed by atoms with E-state index in [2.05, 4.69) is 9.97 Å². The van der Waals surface area contributed by atoms with Crippen LogP contribution in [0.25, 0.3) is 22.4 Å². The van der Waals surface area contributed by atoms with Gasteiger partial charge >= 0.3 is 12.1 Å². The Morgan fingerprint density at radius 1 is 1.14 bits per heavy atom. The lowest BCUT2D eigenvalue weighted by molar-refractivity contribution is -0.140. The summed E-state index contributed by atoms with van der Waals surface area (Å²) in [7, 11) is 1.33. The first kappa shape index (κ1) is 26.4. The van der Waals surface area contributed by atoms with Crippen LogP contribution < -0.4 is 10.5 Å². The normalized spacial score (nSPS) is 14.1. The number of methoxy groups -OCH3 is 1. The molecule has 0 fully saturated rings. The average Bonchev–Trinajstić information content (AvgIpc) is 3.21. The van der Waals surface area contributed by atoms with Crippen molar-refractivity contribution in [3.8, 4) is 17.2 Å². The molecule has 2 aromatic heterocycles. The number of hydrogen-bond acceptors (Lipinski definition) is 8. The van der Waals surface area contributed by atoms with Gasteiger partial charge in [0.25, 0.3) is 0 Å². The molecule has 35 heavy (non-hydrogen) atoms.